The Kier molecular flexibility index (Phi) is 2.55. The van der Waals surface area contributed by atoms with Crippen LogP contribution in [0.25, 0.3) is 0 Å². The van der Waals surface area contributed by atoms with Gasteiger partial charge in [-0.25, -0.2) is 4.79 Å². The fourth-order valence-corrected chi connectivity index (χ4v) is 1.86. The number of nitriles is 1. The average molecular weight is 234 g/mol. The van der Waals surface area contributed by atoms with Gasteiger partial charge in [-0.05, 0) is 6.42 Å². The Labute approximate surface area is 95.9 Å². The molecule has 88 valence electrons. The fourth-order valence-electron chi connectivity index (χ4n) is 1.86. The molecule has 1 N–H and O–H groups in total. The van der Waals surface area contributed by atoms with Gasteiger partial charge in [0.05, 0.1) is 0 Å². The van der Waals surface area contributed by atoms with Crippen molar-refractivity contribution in [3.63, 3.8) is 0 Å². The van der Waals surface area contributed by atoms with Gasteiger partial charge in [-0.3, -0.25) is 19.1 Å². The number of likely N-dealkylation sites (tertiary alicyclic amines) is 1. The first-order valence-electron chi connectivity index (χ1n) is 5.05. The molecule has 7 heteroatoms. The molecule has 17 heavy (non-hydrogen) atoms. The van der Waals surface area contributed by atoms with Crippen molar-refractivity contribution < 1.29 is 4.79 Å². The Morgan fingerprint density at radius 1 is 1.47 bits per heavy atom. The molecule has 1 aliphatic heterocycles. The number of hydrogen-bond donors (Lipinski definition) is 1. The van der Waals surface area contributed by atoms with E-state index in [1.165, 1.54) is 4.90 Å². The molecular weight excluding hydrogens is 224 g/mol. The number of carbonyl (C=O) groups excluding carboxylic acids is 1. The molecule has 1 atom stereocenters. The van der Waals surface area contributed by atoms with Gasteiger partial charge in [0.15, 0.2) is 0 Å². The van der Waals surface area contributed by atoms with Crippen molar-refractivity contribution >= 4 is 5.91 Å². The van der Waals surface area contributed by atoms with E-state index in [1.54, 1.807) is 13.1 Å². The van der Waals surface area contributed by atoms with E-state index in [0.717, 1.165) is 10.8 Å². The Hall–Kier alpha value is -2.36. The van der Waals surface area contributed by atoms with Gasteiger partial charge in [-0.1, -0.05) is 0 Å². The number of H-pyrrole nitrogens is 1. The summed E-state index contributed by atoms with van der Waals surface area (Å²) in [5.74, 6) is -0.192. The van der Waals surface area contributed by atoms with Crippen molar-refractivity contribution in [1.82, 2.24) is 14.5 Å². The van der Waals surface area contributed by atoms with Gasteiger partial charge in [0.25, 0.3) is 5.56 Å². The maximum atomic E-state index is 11.7. The van der Waals surface area contributed by atoms with Crippen molar-refractivity contribution in [3.05, 3.63) is 32.6 Å². The SMILES string of the molecule is CN1CCC(n2cc(C#N)c(=O)[nH]c2=O)C1=O. The van der Waals surface area contributed by atoms with Crippen LogP contribution in [0, 0.1) is 11.3 Å². The first-order chi connectivity index (χ1) is 8.04. The zero-order chi connectivity index (χ0) is 12.6. The molecule has 0 saturated carbocycles. The molecule has 2 heterocycles. The molecule has 1 unspecified atom stereocenters. The molecule has 0 aliphatic carbocycles. The molecule has 2 rings (SSSR count). The molecule has 0 spiro atoms. The average Bonchev–Trinajstić information content (AvgIpc) is 2.61. The Bertz CT molecular complexity index is 622. The van der Waals surface area contributed by atoms with Crippen LogP contribution in [0.5, 0.6) is 0 Å². The highest BCUT2D eigenvalue weighted by atomic mass is 16.2. The molecule has 0 radical (unpaired) electrons. The number of rotatable bonds is 1. The van der Waals surface area contributed by atoms with Crippen molar-refractivity contribution in [2.45, 2.75) is 12.5 Å². The lowest BCUT2D eigenvalue weighted by molar-refractivity contribution is -0.129. The first kappa shape index (κ1) is 11.1. The fraction of sp³-hybridized carbons (Fsp3) is 0.400. The second kappa shape index (κ2) is 3.90. The van der Waals surface area contributed by atoms with E-state index in [2.05, 4.69) is 0 Å². The molecule has 0 bridgehead atoms. The summed E-state index contributed by atoms with van der Waals surface area (Å²) in [4.78, 5) is 38.0. The molecule has 1 aliphatic rings. The maximum absolute atomic E-state index is 11.7. The molecule has 1 aromatic rings. The number of amides is 1. The van der Waals surface area contributed by atoms with Gasteiger partial charge in [0.2, 0.25) is 5.91 Å². The number of aromatic amines is 1. The standard InChI is InChI=1S/C10H10N4O3/c1-13-3-2-7(9(13)16)14-5-6(4-11)8(15)12-10(14)17/h5,7H,2-3H2,1H3,(H,12,15,17). The van der Waals surface area contributed by atoms with E-state index in [4.69, 9.17) is 5.26 Å². The van der Waals surface area contributed by atoms with Crippen LogP contribution in [0.4, 0.5) is 0 Å². The summed E-state index contributed by atoms with van der Waals surface area (Å²) in [7, 11) is 1.64. The van der Waals surface area contributed by atoms with Crippen molar-refractivity contribution in [1.29, 1.82) is 5.26 Å². The molecular formula is C10H10N4O3. The Morgan fingerprint density at radius 3 is 2.71 bits per heavy atom. The number of aromatic nitrogens is 2. The van der Waals surface area contributed by atoms with E-state index in [1.807, 2.05) is 4.98 Å². The van der Waals surface area contributed by atoms with Crippen LogP contribution in [-0.4, -0.2) is 34.0 Å². The minimum Gasteiger partial charge on any atom is -0.344 e. The van der Waals surface area contributed by atoms with E-state index in [9.17, 15) is 14.4 Å². The number of nitrogens with one attached hydrogen (secondary N) is 1. The lowest BCUT2D eigenvalue weighted by Gasteiger charge is -2.12. The Morgan fingerprint density at radius 2 is 2.18 bits per heavy atom. The molecule has 1 fully saturated rings. The van der Waals surface area contributed by atoms with Gasteiger partial charge >= 0.3 is 5.69 Å². The second-order valence-corrected chi connectivity index (χ2v) is 3.89. The topological polar surface area (TPSA) is 99.0 Å². The number of hydrogen-bond acceptors (Lipinski definition) is 4. The zero-order valence-electron chi connectivity index (χ0n) is 9.14. The van der Waals surface area contributed by atoms with Crippen LogP contribution in [0.2, 0.25) is 0 Å². The third-order valence-electron chi connectivity index (χ3n) is 2.82. The van der Waals surface area contributed by atoms with Crippen molar-refractivity contribution in [2.24, 2.45) is 0 Å². The summed E-state index contributed by atoms with van der Waals surface area (Å²) in [6.45, 7) is 0.553. The number of likely N-dealkylation sites (N-methyl/N-ethyl adjacent to an activating group) is 1. The normalized spacial score (nSPS) is 19.4. The van der Waals surface area contributed by atoms with E-state index in [-0.39, 0.29) is 11.5 Å². The van der Waals surface area contributed by atoms with Crippen LogP contribution in [0.15, 0.2) is 15.8 Å². The summed E-state index contributed by atoms with van der Waals surface area (Å²) >= 11 is 0. The first-order valence-corrected chi connectivity index (χ1v) is 5.05. The van der Waals surface area contributed by atoms with Crippen molar-refractivity contribution in [2.75, 3.05) is 13.6 Å². The highest BCUT2D eigenvalue weighted by molar-refractivity contribution is 5.82. The smallest absolute Gasteiger partial charge is 0.329 e. The van der Waals surface area contributed by atoms with Gasteiger partial charge < -0.3 is 4.90 Å². The quantitative estimate of drug-likeness (QED) is 0.660. The summed E-state index contributed by atoms with van der Waals surface area (Å²) in [5, 5.41) is 8.71. The minimum absolute atomic E-state index is 0.174. The molecule has 1 aromatic heterocycles. The third kappa shape index (κ3) is 1.73. The predicted octanol–water partition coefficient (Wildman–Crippen LogP) is -1.19. The van der Waals surface area contributed by atoms with Crippen LogP contribution < -0.4 is 11.2 Å². The Balaban J connectivity index is 2.54. The summed E-state index contributed by atoms with van der Waals surface area (Å²) in [5.41, 5.74) is -1.57. The predicted molar refractivity (Wildman–Crippen MR) is 57.3 cm³/mol. The molecule has 7 nitrogen and oxygen atoms in total. The van der Waals surface area contributed by atoms with Gasteiger partial charge in [-0.2, -0.15) is 5.26 Å². The van der Waals surface area contributed by atoms with E-state index >= 15 is 0 Å². The van der Waals surface area contributed by atoms with Crippen LogP contribution in [0.1, 0.15) is 18.0 Å². The number of nitrogens with zero attached hydrogens (tertiary/aromatic N) is 3. The summed E-state index contributed by atoms with van der Waals surface area (Å²) < 4.78 is 1.12. The zero-order valence-corrected chi connectivity index (χ0v) is 9.14. The molecule has 0 aromatic carbocycles. The minimum atomic E-state index is -0.729. The third-order valence-corrected chi connectivity index (χ3v) is 2.82. The van der Waals surface area contributed by atoms with E-state index < -0.39 is 17.3 Å². The number of carbonyl (C=O) groups is 1. The van der Waals surface area contributed by atoms with Crippen molar-refractivity contribution in [3.8, 4) is 6.07 Å². The van der Waals surface area contributed by atoms with Crippen LogP contribution >= 0.6 is 0 Å². The van der Waals surface area contributed by atoms with Gasteiger partial charge in [0, 0.05) is 19.8 Å². The highest BCUT2D eigenvalue weighted by Gasteiger charge is 2.31. The van der Waals surface area contributed by atoms with Crippen LogP contribution in [-0.2, 0) is 4.79 Å². The highest BCUT2D eigenvalue weighted by Crippen LogP contribution is 2.19. The maximum Gasteiger partial charge on any atom is 0.329 e. The van der Waals surface area contributed by atoms with Gasteiger partial charge in [-0.15, -0.1) is 0 Å². The summed E-state index contributed by atoms with van der Waals surface area (Å²) in [6, 6.07) is 1.06. The lowest BCUT2D eigenvalue weighted by atomic mass is 10.2. The van der Waals surface area contributed by atoms with Crippen LogP contribution in [0.3, 0.4) is 0 Å². The van der Waals surface area contributed by atoms with Gasteiger partial charge in [0.1, 0.15) is 17.7 Å². The lowest BCUT2D eigenvalue weighted by Crippen LogP contribution is -2.36. The molecule has 1 saturated heterocycles. The largest absolute Gasteiger partial charge is 0.344 e. The second-order valence-electron chi connectivity index (χ2n) is 3.89. The summed E-state index contributed by atoms with van der Waals surface area (Å²) in [6.07, 6.45) is 1.63. The van der Waals surface area contributed by atoms with E-state index in [0.29, 0.717) is 13.0 Å². The molecule has 1 amide bonds. The monoisotopic (exact) mass is 234 g/mol.